The first-order valence-electron chi connectivity index (χ1n) is 6.02. The number of hydrogen-bond acceptors (Lipinski definition) is 4. The number of aromatic nitrogens is 4. The second kappa shape index (κ2) is 4.73. The maximum Gasteiger partial charge on any atom is 0.177 e. The van der Waals surface area contributed by atoms with Gasteiger partial charge in [-0.3, -0.25) is 0 Å². The zero-order valence-corrected chi connectivity index (χ0v) is 10.6. The van der Waals surface area contributed by atoms with Crippen molar-refractivity contribution in [3.8, 4) is 0 Å². The minimum Gasteiger partial charge on any atom is -0.397 e. The summed E-state index contributed by atoms with van der Waals surface area (Å²) in [5.41, 5.74) is 8.68. The number of fused-ring (bicyclic) bond motifs is 1. The van der Waals surface area contributed by atoms with Gasteiger partial charge in [0.2, 0.25) is 0 Å². The van der Waals surface area contributed by atoms with Gasteiger partial charge in [-0.2, -0.15) is 5.10 Å². The maximum atomic E-state index is 13.2. The van der Waals surface area contributed by atoms with E-state index in [-0.39, 0.29) is 5.82 Å². The van der Waals surface area contributed by atoms with Gasteiger partial charge in [0.25, 0.3) is 0 Å². The minimum atomic E-state index is -0.278. The summed E-state index contributed by atoms with van der Waals surface area (Å²) in [4.78, 5) is 8.59. The van der Waals surface area contributed by atoms with E-state index in [1.807, 2.05) is 6.07 Å². The van der Waals surface area contributed by atoms with E-state index >= 15 is 0 Å². The van der Waals surface area contributed by atoms with Crippen molar-refractivity contribution in [2.24, 2.45) is 5.73 Å². The standard InChI is InChI=1S/C14H12FN5/c1-9(16)13-7-20-14(17-8-18-20)12(19-13)6-10-3-2-4-11(15)5-10/h2-5,7-8H,1,6,16H2. The van der Waals surface area contributed by atoms with E-state index in [2.05, 4.69) is 21.6 Å². The van der Waals surface area contributed by atoms with Gasteiger partial charge < -0.3 is 5.73 Å². The van der Waals surface area contributed by atoms with Crippen LogP contribution in [0.15, 0.2) is 43.4 Å². The van der Waals surface area contributed by atoms with Gasteiger partial charge >= 0.3 is 0 Å². The van der Waals surface area contributed by atoms with Crippen LogP contribution in [0.25, 0.3) is 11.3 Å². The van der Waals surface area contributed by atoms with Gasteiger partial charge in [-0.25, -0.2) is 18.9 Å². The van der Waals surface area contributed by atoms with Crippen molar-refractivity contribution >= 4 is 11.3 Å². The number of nitrogens with two attached hydrogens (primary N) is 1. The van der Waals surface area contributed by atoms with Crippen molar-refractivity contribution < 1.29 is 4.39 Å². The van der Waals surface area contributed by atoms with Crippen LogP contribution in [0.1, 0.15) is 17.0 Å². The lowest BCUT2D eigenvalue weighted by molar-refractivity contribution is 0.626. The summed E-state index contributed by atoms with van der Waals surface area (Å²) in [5.74, 6) is -0.278. The molecule has 0 amide bonds. The highest BCUT2D eigenvalue weighted by Gasteiger charge is 2.10. The summed E-state index contributed by atoms with van der Waals surface area (Å²) >= 11 is 0. The number of nitrogens with zero attached hydrogens (tertiary/aromatic N) is 4. The third kappa shape index (κ3) is 2.23. The molecule has 100 valence electrons. The lowest BCUT2D eigenvalue weighted by atomic mass is 10.1. The Labute approximate surface area is 114 Å². The molecule has 0 spiro atoms. The minimum absolute atomic E-state index is 0.278. The van der Waals surface area contributed by atoms with Crippen molar-refractivity contribution in [1.29, 1.82) is 0 Å². The number of benzene rings is 1. The van der Waals surface area contributed by atoms with Crippen LogP contribution >= 0.6 is 0 Å². The Morgan fingerprint density at radius 2 is 2.25 bits per heavy atom. The Morgan fingerprint density at radius 3 is 3.00 bits per heavy atom. The van der Waals surface area contributed by atoms with Crippen LogP contribution in [0.4, 0.5) is 4.39 Å². The van der Waals surface area contributed by atoms with Gasteiger partial charge in [0.05, 0.1) is 17.6 Å². The predicted molar refractivity (Wildman–Crippen MR) is 73.2 cm³/mol. The molecule has 1 aromatic carbocycles. The fourth-order valence-corrected chi connectivity index (χ4v) is 2.00. The fourth-order valence-electron chi connectivity index (χ4n) is 2.00. The molecule has 0 aliphatic carbocycles. The van der Waals surface area contributed by atoms with Gasteiger partial charge in [-0.1, -0.05) is 18.7 Å². The Morgan fingerprint density at radius 1 is 1.40 bits per heavy atom. The largest absolute Gasteiger partial charge is 0.397 e. The third-order valence-corrected chi connectivity index (χ3v) is 2.92. The SMILES string of the molecule is C=C(N)c1cn2ncnc2c(Cc2cccc(F)c2)n1. The van der Waals surface area contributed by atoms with E-state index in [4.69, 9.17) is 5.73 Å². The molecule has 0 bridgehead atoms. The molecule has 0 radical (unpaired) electrons. The molecule has 0 aliphatic heterocycles. The first-order chi connectivity index (χ1) is 9.63. The quantitative estimate of drug-likeness (QED) is 0.787. The molecule has 6 heteroatoms. The molecule has 0 atom stereocenters. The molecule has 20 heavy (non-hydrogen) atoms. The molecule has 2 N–H and O–H groups in total. The highest BCUT2D eigenvalue weighted by Crippen LogP contribution is 2.15. The molecule has 0 aliphatic rings. The van der Waals surface area contributed by atoms with Gasteiger partial charge in [-0.05, 0) is 17.7 Å². The van der Waals surface area contributed by atoms with E-state index in [9.17, 15) is 4.39 Å². The van der Waals surface area contributed by atoms with Crippen LogP contribution in [0, 0.1) is 5.82 Å². The highest BCUT2D eigenvalue weighted by atomic mass is 19.1. The van der Waals surface area contributed by atoms with Gasteiger partial charge in [-0.15, -0.1) is 0 Å². The smallest absolute Gasteiger partial charge is 0.177 e. The average Bonchev–Trinajstić information content (AvgIpc) is 2.87. The molecule has 0 unspecified atom stereocenters. The van der Waals surface area contributed by atoms with Crippen molar-refractivity contribution in [1.82, 2.24) is 19.6 Å². The van der Waals surface area contributed by atoms with Crippen LogP contribution in [0.2, 0.25) is 0 Å². The highest BCUT2D eigenvalue weighted by molar-refractivity contribution is 5.58. The molecule has 2 aromatic heterocycles. The summed E-state index contributed by atoms with van der Waals surface area (Å²) < 4.78 is 14.8. The van der Waals surface area contributed by atoms with Crippen LogP contribution in [0.5, 0.6) is 0 Å². The fraction of sp³-hybridized carbons (Fsp3) is 0.0714. The second-order valence-corrected chi connectivity index (χ2v) is 4.43. The van der Waals surface area contributed by atoms with Crippen LogP contribution < -0.4 is 5.73 Å². The average molecular weight is 269 g/mol. The Hall–Kier alpha value is -2.76. The predicted octanol–water partition coefficient (Wildman–Crippen LogP) is 1.78. The number of halogens is 1. The molecule has 0 saturated carbocycles. The molecular weight excluding hydrogens is 257 g/mol. The van der Waals surface area contributed by atoms with E-state index < -0.39 is 0 Å². The van der Waals surface area contributed by atoms with Crippen molar-refractivity contribution in [3.63, 3.8) is 0 Å². The monoisotopic (exact) mass is 269 g/mol. The molecule has 2 heterocycles. The normalized spacial score (nSPS) is 10.8. The Bertz CT molecular complexity index is 793. The number of rotatable bonds is 3. The summed E-state index contributed by atoms with van der Waals surface area (Å²) in [6.07, 6.45) is 3.55. The summed E-state index contributed by atoms with van der Waals surface area (Å²) in [6, 6.07) is 6.37. The molecule has 0 fully saturated rings. The van der Waals surface area contributed by atoms with Gasteiger partial charge in [0, 0.05) is 6.42 Å². The van der Waals surface area contributed by atoms with Crippen LogP contribution in [-0.4, -0.2) is 19.6 Å². The second-order valence-electron chi connectivity index (χ2n) is 4.43. The summed E-state index contributed by atoms with van der Waals surface area (Å²) in [6.45, 7) is 3.67. The molecule has 3 aromatic rings. The summed E-state index contributed by atoms with van der Waals surface area (Å²) in [5, 5.41) is 4.08. The topological polar surface area (TPSA) is 69.1 Å². The van der Waals surface area contributed by atoms with Crippen LogP contribution in [0.3, 0.4) is 0 Å². The molecule has 3 rings (SSSR count). The molecule has 5 nitrogen and oxygen atoms in total. The van der Waals surface area contributed by atoms with E-state index in [1.165, 1.54) is 18.5 Å². The van der Waals surface area contributed by atoms with Gasteiger partial charge in [0.15, 0.2) is 5.65 Å². The Balaban J connectivity index is 2.09. The van der Waals surface area contributed by atoms with Crippen molar-refractivity contribution in [3.05, 3.63) is 66.1 Å². The lowest BCUT2D eigenvalue weighted by Crippen LogP contribution is -2.06. The third-order valence-electron chi connectivity index (χ3n) is 2.92. The lowest BCUT2D eigenvalue weighted by Gasteiger charge is -2.06. The van der Waals surface area contributed by atoms with Gasteiger partial charge in [0.1, 0.15) is 17.8 Å². The first kappa shape index (κ1) is 12.3. The zero-order chi connectivity index (χ0) is 14.1. The first-order valence-corrected chi connectivity index (χ1v) is 6.02. The van der Waals surface area contributed by atoms with E-state index in [1.54, 1.807) is 16.8 Å². The maximum absolute atomic E-state index is 13.2. The molecule has 0 saturated heterocycles. The van der Waals surface area contributed by atoms with Crippen molar-refractivity contribution in [2.75, 3.05) is 0 Å². The number of hydrogen-bond donors (Lipinski definition) is 1. The van der Waals surface area contributed by atoms with Crippen molar-refractivity contribution in [2.45, 2.75) is 6.42 Å². The molecular formula is C14H12FN5. The van der Waals surface area contributed by atoms with E-state index in [0.29, 0.717) is 29.2 Å². The van der Waals surface area contributed by atoms with E-state index in [0.717, 1.165) is 5.56 Å². The summed E-state index contributed by atoms with van der Waals surface area (Å²) in [7, 11) is 0. The zero-order valence-electron chi connectivity index (χ0n) is 10.6. The van der Waals surface area contributed by atoms with Crippen LogP contribution in [-0.2, 0) is 6.42 Å². The Kier molecular flexibility index (Phi) is 2.90.